The first-order chi connectivity index (χ1) is 13.8. The third kappa shape index (κ3) is 3.67. The molecule has 1 aromatic heterocycles. The van der Waals surface area contributed by atoms with Crippen LogP contribution in [-0.4, -0.2) is 59.2 Å². The van der Waals surface area contributed by atoms with E-state index in [0.717, 1.165) is 31.4 Å². The van der Waals surface area contributed by atoms with E-state index in [1.54, 1.807) is 11.2 Å². The topological polar surface area (TPSA) is 82.4 Å². The molecule has 1 fully saturated rings. The van der Waals surface area contributed by atoms with Crippen molar-refractivity contribution >= 4 is 18.5 Å². The number of nitrogens with one attached hydrogen (secondary N) is 1. The summed E-state index contributed by atoms with van der Waals surface area (Å²) in [6.45, 7) is 1.39. The van der Waals surface area contributed by atoms with Crippen molar-refractivity contribution in [2.45, 2.75) is 25.0 Å². The van der Waals surface area contributed by atoms with Gasteiger partial charge in [-0.1, -0.05) is 0 Å². The van der Waals surface area contributed by atoms with E-state index in [4.69, 9.17) is 9.73 Å². The molecule has 28 heavy (non-hydrogen) atoms. The highest BCUT2D eigenvalue weighted by Gasteiger charge is 2.33. The summed E-state index contributed by atoms with van der Waals surface area (Å²) in [6, 6.07) is 1.36. The van der Waals surface area contributed by atoms with Gasteiger partial charge in [0, 0.05) is 18.3 Å². The van der Waals surface area contributed by atoms with Gasteiger partial charge in [0.25, 0.3) is 0 Å². The van der Waals surface area contributed by atoms with Gasteiger partial charge in [-0.15, -0.1) is 0 Å². The van der Waals surface area contributed by atoms with Gasteiger partial charge in [-0.3, -0.25) is 4.79 Å². The highest BCUT2D eigenvalue weighted by molar-refractivity contribution is 5.94. The number of ether oxygens (including phenoxy) is 1. The molecule has 144 valence electrons. The molecular weight excluding hydrogens is 363 g/mol. The van der Waals surface area contributed by atoms with Crippen LogP contribution in [0.1, 0.15) is 24.4 Å². The number of hydrazone groups is 1. The number of aromatic nitrogens is 1. The van der Waals surface area contributed by atoms with Crippen molar-refractivity contribution in [3.8, 4) is 17.7 Å². The Bertz CT molecular complexity index is 903. The molecule has 0 aliphatic carbocycles. The first kappa shape index (κ1) is 18.0. The van der Waals surface area contributed by atoms with Crippen LogP contribution in [0.25, 0.3) is 0 Å². The van der Waals surface area contributed by atoms with Crippen LogP contribution in [0.15, 0.2) is 34.6 Å². The van der Waals surface area contributed by atoms with Crippen molar-refractivity contribution in [2.75, 3.05) is 19.7 Å². The Morgan fingerprint density at radius 2 is 2.39 bits per heavy atom. The van der Waals surface area contributed by atoms with Crippen LogP contribution >= 0.6 is 0 Å². The van der Waals surface area contributed by atoms with Gasteiger partial charge in [0.1, 0.15) is 18.3 Å². The second-order valence-corrected chi connectivity index (χ2v) is 6.41. The molecule has 2 atom stereocenters. The summed E-state index contributed by atoms with van der Waals surface area (Å²) in [7, 11) is 0. The number of hydrogen-bond donors (Lipinski definition) is 1. The molecule has 1 aromatic rings. The van der Waals surface area contributed by atoms with Crippen LogP contribution in [0.3, 0.4) is 0 Å². The summed E-state index contributed by atoms with van der Waals surface area (Å²) in [5, 5.41) is 8.40. The zero-order valence-corrected chi connectivity index (χ0v) is 15.1. The Hall–Kier alpha value is -3.41. The Morgan fingerprint density at radius 1 is 1.46 bits per heavy atom. The fraction of sp³-hybridized carbons (Fsp3) is 0.368. The number of pyridine rings is 1. The largest absolute Gasteiger partial charge is 0.476 e. The number of likely N-dealkylation sites (tertiary alicyclic amines) is 1. The third-order valence-corrected chi connectivity index (χ3v) is 4.67. The third-order valence-electron chi connectivity index (χ3n) is 4.67. The first-order valence-corrected chi connectivity index (χ1v) is 9.06. The van der Waals surface area contributed by atoms with E-state index < -0.39 is 5.82 Å². The van der Waals surface area contributed by atoms with Crippen LogP contribution < -0.4 is 10.1 Å². The Balaban J connectivity index is 1.57. The lowest BCUT2D eigenvalue weighted by atomic mass is 10.1. The summed E-state index contributed by atoms with van der Waals surface area (Å²) < 4.78 is 19.6. The Kier molecular flexibility index (Phi) is 5.19. The van der Waals surface area contributed by atoms with E-state index in [9.17, 15) is 9.18 Å². The van der Waals surface area contributed by atoms with E-state index in [-0.39, 0.29) is 18.8 Å². The van der Waals surface area contributed by atoms with Crippen LogP contribution in [0.2, 0.25) is 0 Å². The predicted molar refractivity (Wildman–Crippen MR) is 101 cm³/mol. The number of carbonyl (C=O) groups is 1. The minimum Gasteiger partial charge on any atom is -0.476 e. The molecule has 0 aromatic carbocycles. The number of aliphatic imine (C=N–C) groups is 1. The molecule has 4 rings (SSSR count). The molecule has 4 heterocycles. The Morgan fingerprint density at radius 3 is 3.29 bits per heavy atom. The molecule has 1 unspecified atom stereocenters. The van der Waals surface area contributed by atoms with Crippen molar-refractivity contribution in [1.82, 2.24) is 20.2 Å². The second kappa shape index (κ2) is 8.08. The van der Waals surface area contributed by atoms with Crippen LogP contribution in [0.5, 0.6) is 5.88 Å². The van der Waals surface area contributed by atoms with Gasteiger partial charge in [0.2, 0.25) is 18.5 Å². The summed E-state index contributed by atoms with van der Waals surface area (Å²) >= 11 is 0. The molecule has 1 amide bonds. The van der Waals surface area contributed by atoms with Crippen LogP contribution in [0.4, 0.5) is 4.39 Å². The molecule has 1 N–H and O–H groups in total. The minimum absolute atomic E-state index is 0.104. The maximum absolute atomic E-state index is 14.0. The van der Waals surface area contributed by atoms with Gasteiger partial charge < -0.3 is 15.0 Å². The number of hydrogen-bond acceptors (Lipinski definition) is 7. The fourth-order valence-electron chi connectivity index (χ4n) is 3.46. The number of rotatable bonds is 6. The van der Waals surface area contributed by atoms with Crippen molar-refractivity contribution in [1.29, 1.82) is 0 Å². The van der Waals surface area contributed by atoms with E-state index in [2.05, 4.69) is 32.1 Å². The second-order valence-electron chi connectivity index (χ2n) is 6.41. The number of nitrogens with zero attached hydrogens (tertiary/aromatic N) is 5. The quantitative estimate of drug-likeness (QED) is 0.452. The van der Waals surface area contributed by atoms with E-state index >= 15 is 0 Å². The molecule has 9 heteroatoms. The van der Waals surface area contributed by atoms with Gasteiger partial charge in [0.15, 0.2) is 0 Å². The minimum atomic E-state index is -0.417. The highest BCUT2D eigenvalue weighted by atomic mass is 19.1. The first-order valence-electron chi connectivity index (χ1n) is 9.06. The monoisotopic (exact) mass is 382 g/mol. The Labute approximate surface area is 161 Å². The van der Waals surface area contributed by atoms with Crippen molar-refractivity contribution < 1.29 is 13.9 Å². The van der Waals surface area contributed by atoms with Gasteiger partial charge in [-0.2, -0.15) is 5.10 Å². The van der Waals surface area contributed by atoms with Crippen LogP contribution in [-0.2, 0) is 4.79 Å². The number of fused-ring (bicyclic) bond motifs is 1. The predicted octanol–water partition coefficient (Wildman–Crippen LogP) is 1.04. The van der Waals surface area contributed by atoms with Gasteiger partial charge in [-0.25, -0.2) is 19.4 Å². The fourth-order valence-corrected chi connectivity index (χ4v) is 3.46. The molecule has 1 saturated heterocycles. The smallest absolute Gasteiger partial charge is 0.218 e. The number of amidine groups is 1. The van der Waals surface area contributed by atoms with Crippen molar-refractivity contribution in [2.24, 2.45) is 10.1 Å². The lowest BCUT2D eigenvalue weighted by molar-refractivity contribution is -0.109. The number of carbonyl (C=O) groups excluding carboxylic acids is 1. The maximum Gasteiger partial charge on any atom is 0.218 e. The number of amides is 1. The summed E-state index contributed by atoms with van der Waals surface area (Å²) in [5.74, 6) is 6.59. The number of halogens is 1. The van der Waals surface area contributed by atoms with Crippen LogP contribution in [0, 0.1) is 17.7 Å². The standard InChI is InChI=1S/C19H19FN6O2/c20-14-11-15(19(22-12-14)28-10-7-21-13-27)16-3-2-8-25(16)17-5-9-26-18(24-17)4-1-6-23-26/h5-6,9,11-13,16,18H,2-3,7-8,10H2,(H,21,27)/t16-,18?/m1/s1. The van der Waals surface area contributed by atoms with E-state index in [0.29, 0.717) is 24.4 Å². The van der Waals surface area contributed by atoms with Gasteiger partial charge in [0.05, 0.1) is 25.0 Å². The summed E-state index contributed by atoms with van der Waals surface area (Å²) in [5.41, 5.74) is 0.676. The van der Waals surface area contributed by atoms with Crippen molar-refractivity contribution in [3.63, 3.8) is 0 Å². The van der Waals surface area contributed by atoms with Gasteiger partial charge >= 0.3 is 0 Å². The molecule has 0 bridgehead atoms. The summed E-state index contributed by atoms with van der Waals surface area (Å²) in [4.78, 5) is 21.3. The molecule has 3 aliphatic rings. The summed E-state index contributed by atoms with van der Waals surface area (Å²) in [6.07, 6.45) is 8.45. The van der Waals surface area contributed by atoms with Crippen molar-refractivity contribution in [3.05, 3.63) is 35.9 Å². The molecule has 3 aliphatic heterocycles. The average molecular weight is 382 g/mol. The normalized spacial score (nSPS) is 22.2. The van der Waals surface area contributed by atoms with Gasteiger partial charge in [-0.05, 0) is 36.8 Å². The molecule has 0 saturated carbocycles. The molecule has 8 nitrogen and oxygen atoms in total. The maximum atomic E-state index is 14.0. The van der Waals surface area contributed by atoms with E-state index in [1.807, 2.05) is 12.3 Å². The lowest BCUT2D eigenvalue weighted by Gasteiger charge is -2.32. The molecular formula is C19H19FN6O2. The SMILES string of the molecule is O=CNCCOc1ncc(F)cc1[C@H]1CCCN1C1=NC2C#CC=NN2C=C1. The zero-order chi connectivity index (χ0) is 19.3. The molecule has 0 radical (unpaired) electrons. The molecule has 0 spiro atoms. The highest BCUT2D eigenvalue weighted by Crippen LogP contribution is 2.37. The zero-order valence-electron chi connectivity index (χ0n) is 15.1. The average Bonchev–Trinajstić information content (AvgIpc) is 3.21. The van der Waals surface area contributed by atoms with E-state index in [1.165, 1.54) is 6.07 Å². The lowest BCUT2D eigenvalue weighted by Crippen LogP contribution is -2.37.